The molecule has 0 unspecified atom stereocenters. The third-order valence-corrected chi connectivity index (χ3v) is 4.61. The molecule has 0 heterocycles. The first kappa shape index (κ1) is 20.9. The summed E-state index contributed by atoms with van der Waals surface area (Å²) in [6, 6.07) is 12.5. The van der Waals surface area contributed by atoms with Gasteiger partial charge in [0.2, 0.25) is 0 Å². The lowest BCUT2D eigenvalue weighted by atomic mass is 9.96. The predicted octanol–water partition coefficient (Wildman–Crippen LogP) is 5.20. The first-order valence-corrected chi connectivity index (χ1v) is 9.33. The number of allylic oxidation sites excluding steroid dienone is 1. The number of benzene rings is 3. The smallest absolute Gasteiger partial charge is 0.169 e. The van der Waals surface area contributed by atoms with Gasteiger partial charge in [0.05, 0.1) is 12.7 Å². The average molecular weight is 408 g/mol. The normalized spacial score (nSPS) is 10.5. The molecule has 3 rings (SSSR count). The summed E-state index contributed by atoms with van der Waals surface area (Å²) in [5.74, 6) is -0.104. The number of hydrogen-bond donors (Lipinski definition) is 4. The molecule has 0 fully saturated rings. The highest BCUT2D eigenvalue weighted by Gasteiger charge is 2.21. The molecule has 0 saturated carbocycles. The summed E-state index contributed by atoms with van der Waals surface area (Å²) in [5, 5.41) is 41.2. The Hall–Kier alpha value is -3.80. The molecule has 156 valence electrons. The molecule has 0 radical (unpaired) electrons. The fourth-order valence-corrected chi connectivity index (χ4v) is 3.03. The van der Waals surface area contributed by atoms with E-state index in [1.54, 1.807) is 30.3 Å². The van der Waals surface area contributed by atoms with Gasteiger partial charge in [-0.15, -0.1) is 0 Å². The Morgan fingerprint density at radius 2 is 1.50 bits per heavy atom. The topological polar surface area (TPSA) is 99.4 Å². The van der Waals surface area contributed by atoms with E-state index < -0.39 is 0 Å². The van der Waals surface area contributed by atoms with Crippen LogP contribution in [0.1, 0.15) is 13.8 Å². The molecule has 0 aliphatic carbocycles. The molecule has 0 amide bonds. The van der Waals surface area contributed by atoms with E-state index in [-0.39, 0.29) is 28.6 Å². The highest BCUT2D eigenvalue weighted by atomic mass is 16.5. The molecule has 3 aromatic carbocycles. The Labute approximate surface area is 174 Å². The average Bonchev–Trinajstić information content (AvgIpc) is 2.71. The van der Waals surface area contributed by atoms with Gasteiger partial charge >= 0.3 is 0 Å². The quantitative estimate of drug-likeness (QED) is 0.331. The summed E-state index contributed by atoms with van der Waals surface area (Å²) in [6.45, 7) is 4.23. The summed E-state index contributed by atoms with van der Waals surface area (Å²) in [5.41, 5.74) is 2.73. The Morgan fingerprint density at radius 1 is 0.833 bits per heavy atom. The van der Waals surface area contributed by atoms with E-state index in [9.17, 15) is 20.4 Å². The Kier molecular flexibility index (Phi) is 6.06. The molecule has 6 nitrogen and oxygen atoms in total. The van der Waals surface area contributed by atoms with Crippen molar-refractivity contribution in [3.05, 3.63) is 60.2 Å². The first-order valence-electron chi connectivity index (χ1n) is 9.33. The van der Waals surface area contributed by atoms with Gasteiger partial charge < -0.3 is 29.9 Å². The molecule has 0 bridgehead atoms. The van der Waals surface area contributed by atoms with Crippen LogP contribution in [-0.4, -0.2) is 34.1 Å². The highest BCUT2D eigenvalue weighted by molar-refractivity contribution is 5.87. The molecule has 0 spiro atoms. The summed E-state index contributed by atoms with van der Waals surface area (Å²) in [7, 11) is 1.45. The molecule has 6 heteroatoms. The molecule has 0 saturated heterocycles. The van der Waals surface area contributed by atoms with E-state index in [4.69, 9.17) is 9.47 Å². The molecule has 3 aromatic rings. The fourth-order valence-electron chi connectivity index (χ4n) is 3.03. The first-order chi connectivity index (χ1) is 14.3. The second-order valence-corrected chi connectivity index (χ2v) is 7.02. The van der Waals surface area contributed by atoms with Crippen LogP contribution in [0.15, 0.2) is 60.2 Å². The number of methoxy groups -OCH3 is 1. The van der Waals surface area contributed by atoms with Gasteiger partial charge in [-0.05, 0) is 61.4 Å². The molecule has 30 heavy (non-hydrogen) atoms. The van der Waals surface area contributed by atoms with E-state index in [0.717, 1.165) is 5.57 Å². The van der Waals surface area contributed by atoms with Crippen LogP contribution in [0.4, 0.5) is 0 Å². The maximum absolute atomic E-state index is 10.7. The minimum atomic E-state index is -0.380. The Balaban J connectivity index is 2.04. The maximum Gasteiger partial charge on any atom is 0.169 e. The second kappa shape index (κ2) is 8.69. The van der Waals surface area contributed by atoms with Crippen molar-refractivity contribution in [1.29, 1.82) is 0 Å². The van der Waals surface area contributed by atoms with Gasteiger partial charge in [-0.3, -0.25) is 0 Å². The van der Waals surface area contributed by atoms with Gasteiger partial charge in [0.1, 0.15) is 18.1 Å². The lowest BCUT2D eigenvalue weighted by Gasteiger charge is -2.16. The maximum atomic E-state index is 10.7. The van der Waals surface area contributed by atoms with Crippen LogP contribution in [0.25, 0.3) is 22.3 Å². The molecule has 0 atom stereocenters. The Bertz CT molecular complexity index is 1080. The van der Waals surface area contributed by atoms with Gasteiger partial charge in [-0.2, -0.15) is 0 Å². The third-order valence-electron chi connectivity index (χ3n) is 4.61. The van der Waals surface area contributed by atoms with Crippen molar-refractivity contribution in [2.24, 2.45) is 0 Å². The standard InChI is InChI=1S/C24H24O6/c1-14(2)10-11-30-20-9-6-16(12-19(20)26)22-21(29-3)13-18(23(27)24(22)28)15-4-7-17(25)8-5-15/h4-10,12-13,25-28H,11H2,1-3H3. The van der Waals surface area contributed by atoms with E-state index >= 15 is 0 Å². The molecule has 0 aromatic heterocycles. The SMILES string of the molecule is COc1cc(-c2ccc(O)cc2)c(O)c(O)c1-c1ccc(OCC=C(C)C)c(O)c1. The van der Waals surface area contributed by atoms with Crippen molar-refractivity contribution in [1.82, 2.24) is 0 Å². The van der Waals surface area contributed by atoms with Gasteiger partial charge in [0.25, 0.3) is 0 Å². The van der Waals surface area contributed by atoms with Crippen molar-refractivity contribution in [2.75, 3.05) is 13.7 Å². The number of rotatable bonds is 6. The summed E-state index contributed by atoms with van der Waals surface area (Å²) in [6.07, 6.45) is 1.89. The molecular weight excluding hydrogens is 384 g/mol. The van der Waals surface area contributed by atoms with Crippen molar-refractivity contribution in [3.8, 4) is 56.8 Å². The van der Waals surface area contributed by atoms with E-state index in [0.29, 0.717) is 34.8 Å². The minimum absolute atomic E-state index is 0.0911. The van der Waals surface area contributed by atoms with Crippen molar-refractivity contribution >= 4 is 0 Å². The largest absolute Gasteiger partial charge is 0.508 e. The zero-order valence-corrected chi connectivity index (χ0v) is 17.0. The number of phenols is 4. The highest BCUT2D eigenvalue weighted by Crippen LogP contribution is 2.49. The van der Waals surface area contributed by atoms with Crippen LogP contribution in [0, 0.1) is 0 Å². The van der Waals surface area contributed by atoms with Crippen LogP contribution >= 0.6 is 0 Å². The van der Waals surface area contributed by atoms with Gasteiger partial charge in [0.15, 0.2) is 23.0 Å². The summed E-state index contributed by atoms with van der Waals surface area (Å²) >= 11 is 0. The van der Waals surface area contributed by atoms with E-state index in [2.05, 4.69) is 0 Å². The molecule has 4 N–H and O–H groups in total. The molecule has 0 aliphatic rings. The second-order valence-electron chi connectivity index (χ2n) is 7.02. The summed E-state index contributed by atoms with van der Waals surface area (Å²) < 4.78 is 11.0. The van der Waals surface area contributed by atoms with Crippen LogP contribution in [0.5, 0.6) is 34.5 Å². The van der Waals surface area contributed by atoms with Crippen LogP contribution in [0.2, 0.25) is 0 Å². The monoisotopic (exact) mass is 408 g/mol. The van der Waals surface area contributed by atoms with Crippen LogP contribution in [-0.2, 0) is 0 Å². The van der Waals surface area contributed by atoms with E-state index in [1.165, 1.54) is 25.3 Å². The van der Waals surface area contributed by atoms with Gasteiger partial charge in [-0.1, -0.05) is 23.8 Å². The third kappa shape index (κ3) is 4.27. The lowest BCUT2D eigenvalue weighted by molar-refractivity contribution is 0.335. The van der Waals surface area contributed by atoms with Crippen molar-refractivity contribution in [3.63, 3.8) is 0 Å². The molecular formula is C24H24O6. The number of phenolic OH excluding ortho intramolecular Hbond substituents is 4. The van der Waals surface area contributed by atoms with Crippen LogP contribution < -0.4 is 9.47 Å². The zero-order chi connectivity index (χ0) is 21.8. The van der Waals surface area contributed by atoms with Crippen LogP contribution in [0.3, 0.4) is 0 Å². The zero-order valence-electron chi connectivity index (χ0n) is 17.0. The number of hydrogen-bond acceptors (Lipinski definition) is 6. The number of ether oxygens (including phenoxy) is 2. The van der Waals surface area contributed by atoms with Crippen molar-refractivity contribution in [2.45, 2.75) is 13.8 Å². The Morgan fingerprint density at radius 3 is 2.10 bits per heavy atom. The van der Waals surface area contributed by atoms with Crippen molar-refractivity contribution < 1.29 is 29.9 Å². The fraction of sp³-hybridized carbons (Fsp3) is 0.167. The van der Waals surface area contributed by atoms with E-state index in [1.807, 2.05) is 19.9 Å². The molecule has 0 aliphatic heterocycles. The van der Waals surface area contributed by atoms with Gasteiger partial charge in [-0.25, -0.2) is 0 Å². The summed E-state index contributed by atoms with van der Waals surface area (Å²) in [4.78, 5) is 0. The number of aromatic hydroxyl groups is 4. The lowest BCUT2D eigenvalue weighted by Crippen LogP contribution is -1.95. The minimum Gasteiger partial charge on any atom is -0.508 e. The predicted molar refractivity (Wildman–Crippen MR) is 115 cm³/mol. The van der Waals surface area contributed by atoms with Gasteiger partial charge in [0, 0.05) is 5.56 Å².